The number of nitrogens with one attached hydrogen (secondary N) is 1. The zero-order chi connectivity index (χ0) is 13.7. The van der Waals surface area contributed by atoms with Gasteiger partial charge in [0, 0.05) is 19.0 Å². The highest BCUT2D eigenvalue weighted by atomic mass is 16.5. The second kappa shape index (κ2) is 12.6. The van der Waals surface area contributed by atoms with Gasteiger partial charge in [-0.15, -0.1) is 0 Å². The maximum Gasteiger partial charge on any atom is 0.217 e. The van der Waals surface area contributed by atoms with Crippen molar-refractivity contribution >= 4 is 5.91 Å². The standard InChI is InChI=1S/C10H13NO2.2C2H6/c1-8(12)11-7-9-5-3-4-6-10(9)13-2;2*1-2/h3-6H,7H2,1-2H3,(H,11,12);2*1-2H3. The largest absolute Gasteiger partial charge is 0.496 e. The van der Waals surface area contributed by atoms with Crippen molar-refractivity contribution in [3.05, 3.63) is 29.8 Å². The second-order valence-electron chi connectivity index (χ2n) is 2.72. The van der Waals surface area contributed by atoms with E-state index in [4.69, 9.17) is 4.74 Å². The maximum absolute atomic E-state index is 10.7. The molecule has 3 nitrogen and oxygen atoms in total. The lowest BCUT2D eigenvalue weighted by Gasteiger charge is -2.07. The lowest BCUT2D eigenvalue weighted by atomic mass is 10.2. The van der Waals surface area contributed by atoms with Gasteiger partial charge in [-0.3, -0.25) is 4.79 Å². The third-order valence-electron chi connectivity index (χ3n) is 1.72. The van der Waals surface area contributed by atoms with Crippen molar-refractivity contribution in [3.63, 3.8) is 0 Å². The highest BCUT2D eigenvalue weighted by Gasteiger charge is 2.00. The minimum Gasteiger partial charge on any atom is -0.496 e. The Balaban J connectivity index is 0. The molecule has 0 heterocycles. The molecule has 0 saturated heterocycles. The molecule has 1 amide bonds. The van der Waals surface area contributed by atoms with Crippen molar-refractivity contribution in [3.8, 4) is 5.75 Å². The fourth-order valence-electron chi connectivity index (χ4n) is 1.07. The van der Waals surface area contributed by atoms with Crippen LogP contribution in [0.4, 0.5) is 0 Å². The van der Waals surface area contributed by atoms with Gasteiger partial charge in [-0.2, -0.15) is 0 Å². The van der Waals surface area contributed by atoms with Crippen molar-refractivity contribution in [1.82, 2.24) is 5.32 Å². The first-order valence-corrected chi connectivity index (χ1v) is 6.10. The van der Waals surface area contributed by atoms with E-state index in [-0.39, 0.29) is 5.91 Å². The molecule has 0 atom stereocenters. The first kappa shape index (κ1) is 17.9. The topological polar surface area (TPSA) is 38.3 Å². The Labute approximate surface area is 105 Å². The zero-order valence-electron chi connectivity index (χ0n) is 11.8. The molecule has 0 aliphatic rings. The number of hydrogen-bond donors (Lipinski definition) is 1. The molecule has 0 bridgehead atoms. The predicted molar refractivity (Wildman–Crippen MR) is 73.2 cm³/mol. The van der Waals surface area contributed by atoms with Crippen LogP contribution in [0.25, 0.3) is 0 Å². The molecule has 0 aliphatic heterocycles. The number of para-hydroxylation sites is 1. The molecular weight excluding hydrogens is 214 g/mol. The van der Waals surface area contributed by atoms with E-state index in [9.17, 15) is 4.79 Å². The van der Waals surface area contributed by atoms with Crippen LogP contribution in [0.2, 0.25) is 0 Å². The van der Waals surface area contributed by atoms with Crippen molar-refractivity contribution in [2.75, 3.05) is 7.11 Å². The van der Waals surface area contributed by atoms with Crippen LogP contribution in [0.15, 0.2) is 24.3 Å². The first-order valence-electron chi connectivity index (χ1n) is 6.10. The molecule has 1 rings (SSSR count). The summed E-state index contributed by atoms with van der Waals surface area (Å²) in [5.41, 5.74) is 0.986. The second-order valence-corrected chi connectivity index (χ2v) is 2.72. The van der Waals surface area contributed by atoms with E-state index >= 15 is 0 Å². The van der Waals surface area contributed by atoms with Gasteiger partial charge in [-0.25, -0.2) is 0 Å². The molecule has 0 aromatic heterocycles. The Kier molecular flexibility index (Phi) is 13.2. The number of methoxy groups -OCH3 is 1. The van der Waals surface area contributed by atoms with E-state index in [1.807, 2.05) is 52.0 Å². The summed E-state index contributed by atoms with van der Waals surface area (Å²) in [7, 11) is 1.62. The van der Waals surface area contributed by atoms with E-state index in [1.54, 1.807) is 7.11 Å². The lowest BCUT2D eigenvalue weighted by molar-refractivity contribution is -0.119. The van der Waals surface area contributed by atoms with Crippen LogP contribution in [0.5, 0.6) is 5.75 Å². The molecule has 0 radical (unpaired) electrons. The minimum atomic E-state index is -0.0362. The highest BCUT2D eigenvalue weighted by Crippen LogP contribution is 2.16. The van der Waals surface area contributed by atoms with Crippen LogP contribution in [0.1, 0.15) is 40.2 Å². The number of carbonyl (C=O) groups is 1. The number of hydrogen-bond acceptors (Lipinski definition) is 2. The van der Waals surface area contributed by atoms with Crippen molar-refractivity contribution in [2.45, 2.75) is 41.2 Å². The summed E-state index contributed by atoms with van der Waals surface area (Å²) in [4.78, 5) is 10.7. The summed E-state index contributed by atoms with van der Waals surface area (Å²) in [5.74, 6) is 0.766. The monoisotopic (exact) mass is 239 g/mol. The van der Waals surface area contributed by atoms with Crippen LogP contribution in [-0.2, 0) is 11.3 Å². The van der Waals surface area contributed by atoms with E-state index < -0.39 is 0 Å². The number of amides is 1. The van der Waals surface area contributed by atoms with Crippen molar-refractivity contribution in [2.24, 2.45) is 0 Å². The number of rotatable bonds is 3. The molecule has 98 valence electrons. The molecule has 0 saturated carbocycles. The van der Waals surface area contributed by atoms with Crippen LogP contribution < -0.4 is 10.1 Å². The van der Waals surface area contributed by atoms with Gasteiger partial charge in [0.05, 0.1) is 7.11 Å². The number of ether oxygens (including phenoxy) is 1. The molecule has 1 aromatic carbocycles. The Morgan fingerprint density at radius 2 is 1.71 bits per heavy atom. The summed E-state index contributed by atoms with van der Waals surface area (Å²) in [6.45, 7) is 10.0. The molecule has 0 fully saturated rings. The minimum absolute atomic E-state index is 0.0362. The normalized spacial score (nSPS) is 7.88. The van der Waals surface area contributed by atoms with Gasteiger partial charge in [0.15, 0.2) is 0 Å². The number of carbonyl (C=O) groups excluding carboxylic acids is 1. The summed E-state index contributed by atoms with van der Waals surface area (Å²) >= 11 is 0. The fourth-order valence-corrected chi connectivity index (χ4v) is 1.07. The molecule has 0 spiro atoms. The Morgan fingerprint density at radius 1 is 1.18 bits per heavy atom. The zero-order valence-corrected chi connectivity index (χ0v) is 11.8. The van der Waals surface area contributed by atoms with Crippen LogP contribution in [0.3, 0.4) is 0 Å². The van der Waals surface area contributed by atoms with Crippen LogP contribution in [-0.4, -0.2) is 13.0 Å². The first-order chi connectivity index (χ1) is 8.24. The Bertz CT molecular complexity index is 298. The lowest BCUT2D eigenvalue weighted by Crippen LogP contribution is -2.19. The maximum atomic E-state index is 10.7. The van der Waals surface area contributed by atoms with Gasteiger partial charge in [0.2, 0.25) is 5.91 Å². The quantitative estimate of drug-likeness (QED) is 0.878. The molecular formula is C14H25NO2. The predicted octanol–water partition coefficient (Wildman–Crippen LogP) is 3.38. The Hall–Kier alpha value is -1.51. The molecule has 1 N–H and O–H groups in total. The third-order valence-corrected chi connectivity index (χ3v) is 1.72. The van der Waals surface area contributed by atoms with Gasteiger partial charge in [0.25, 0.3) is 0 Å². The SMILES string of the molecule is CC.CC.COc1ccccc1CNC(C)=O. The van der Waals surface area contributed by atoms with Gasteiger partial charge in [-0.05, 0) is 6.07 Å². The molecule has 3 heteroatoms. The van der Waals surface area contributed by atoms with Gasteiger partial charge < -0.3 is 10.1 Å². The van der Waals surface area contributed by atoms with Crippen molar-refractivity contribution in [1.29, 1.82) is 0 Å². The number of benzene rings is 1. The fraction of sp³-hybridized carbons (Fsp3) is 0.500. The van der Waals surface area contributed by atoms with Crippen LogP contribution >= 0.6 is 0 Å². The van der Waals surface area contributed by atoms with Crippen LogP contribution in [0, 0.1) is 0 Å². The smallest absolute Gasteiger partial charge is 0.217 e. The third kappa shape index (κ3) is 8.31. The van der Waals surface area contributed by atoms with Gasteiger partial charge >= 0.3 is 0 Å². The molecule has 1 aromatic rings. The summed E-state index contributed by atoms with van der Waals surface area (Å²) in [6, 6.07) is 7.61. The highest BCUT2D eigenvalue weighted by molar-refractivity contribution is 5.72. The average molecular weight is 239 g/mol. The summed E-state index contributed by atoms with van der Waals surface area (Å²) < 4.78 is 5.13. The summed E-state index contributed by atoms with van der Waals surface area (Å²) in [6.07, 6.45) is 0. The molecule has 0 aliphatic carbocycles. The van der Waals surface area contributed by atoms with Crippen molar-refractivity contribution < 1.29 is 9.53 Å². The molecule has 0 unspecified atom stereocenters. The Morgan fingerprint density at radius 3 is 2.18 bits per heavy atom. The van der Waals surface area contributed by atoms with Gasteiger partial charge in [-0.1, -0.05) is 45.9 Å². The van der Waals surface area contributed by atoms with E-state index in [0.717, 1.165) is 11.3 Å². The molecule has 17 heavy (non-hydrogen) atoms. The van der Waals surface area contributed by atoms with Gasteiger partial charge in [0.1, 0.15) is 5.75 Å². The summed E-state index contributed by atoms with van der Waals surface area (Å²) in [5, 5.41) is 2.72. The van der Waals surface area contributed by atoms with E-state index in [1.165, 1.54) is 6.92 Å². The van der Waals surface area contributed by atoms with E-state index in [0.29, 0.717) is 6.54 Å². The van der Waals surface area contributed by atoms with E-state index in [2.05, 4.69) is 5.32 Å². The average Bonchev–Trinajstić information content (AvgIpc) is 2.41.